The Morgan fingerprint density at radius 1 is 0.852 bits per heavy atom. The lowest BCUT2D eigenvalue weighted by molar-refractivity contribution is 0.101. The van der Waals surface area contributed by atoms with Crippen LogP contribution < -0.4 is 5.32 Å². The maximum absolute atomic E-state index is 12.5. The molecule has 1 N–H and O–H groups in total. The van der Waals surface area contributed by atoms with Crippen LogP contribution in [0.4, 0.5) is 5.69 Å². The maximum Gasteiger partial charge on any atom is 0.255 e. The van der Waals surface area contributed by atoms with Gasteiger partial charge in [-0.15, -0.1) is 11.8 Å². The number of rotatable bonds is 6. The van der Waals surface area contributed by atoms with Gasteiger partial charge in [0.25, 0.3) is 5.91 Å². The van der Waals surface area contributed by atoms with Crippen LogP contribution >= 0.6 is 35.0 Å². The predicted molar refractivity (Wildman–Crippen MR) is 112 cm³/mol. The summed E-state index contributed by atoms with van der Waals surface area (Å²) in [7, 11) is 0. The summed E-state index contributed by atoms with van der Waals surface area (Å²) in [6.45, 7) is 0. The van der Waals surface area contributed by atoms with Crippen LogP contribution in [0.1, 0.15) is 20.7 Å². The Hall–Kier alpha value is -2.27. The number of hydrogen-bond acceptors (Lipinski definition) is 3. The summed E-state index contributed by atoms with van der Waals surface area (Å²) < 4.78 is 0. The Bertz CT molecular complexity index is 977. The molecular formula is C21H15Cl2NO2S. The third-order valence-corrected chi connectivity index (χ3v) is 5.30. The molecule has 27 heavy (non-hydrogen) atoms. The third kappa shape index (κ3) is 5.36. The molecule has 3 rings (SSSR count). The molecule has 0 unspecified atom stereocenters. The van der Waals surface area contributed by atoms with Crippen LogP contribution in [0.2, 0.25) is 10.0 Å². The zero-order chi connectivity index (χ0) is 19.2. The molecular weight excluding hydrogens is 401 g/mol. The predicted octanol–water partition coefficient (Wildman–Crippen LogP) is 6.22. The molecule has 0 radical (unpaired) electrons. The lowest BCUT2D eigenvalue weighted by Crippen LogP contribution is -2.12. The van der Waals surface area contributed by atoms with Gasteiger partial charge in [0.05, 0.1) is 16.5 Å². The number of anilines is 1. The molecule has 0 aliphatic heterocycles. The zero-order valence-corrected chi connectivity index (χ0v) is 16.4. The van der Waals surface area contributed by atoms with Crippen molar-refractivity contribution in [2.75, 3.05) is 11.1 Å². The van der Waals surface area contributed by atoms with Crippen molar-refractivity contribution < 1.29 is 9.59 Å². The fraction of sp³-hybridized carbons (Fsp3) is 0.0476. The molecule has 3 aromatic rings. The largest absolute Gasteiger partial charge is 0.321 e. The van der Waals surface area contributed by atoms with E-state index in [4.69, 9.17) is 23.2 Å². The minimum Gasteiger partial charge on any atom is -0.321 e. The van der Waals surface area contributed by atoms with Crippen LogP contribution in [-0.2, 0) is 0 Å². The zero-order valence-electron chi connectivity index (χ0n) is 14.1. The second-order valence-electron chi connectivity index (χ2n) is 5.68. The number of hydrogen-bond donors (Lipinski definition) is 1. The van der Waals surface area contributed by atoms with Gasteiger partial charge in [0.15, 0.2) is 5.78 Å². The number of amides is 1. The topological polar surface area (TPSA) is 46.2 Å². The van der Waals surface area contributed by atoms with Crippen molar-refractivity contribution in [2.24, 2.45) is 0 Å². The van der Waals surface area contributed by atoms with Crippen molar-refractivity contribution in [3.63, 3.8) is 0 Å². The standard InChI is InChI=1S/C21H15Cl2NO2S/c22-16-9-10-18(23)19(12-16)24-21(26)15-7-4-8-17(11-15)27-13-20(25)14-5-2-1-3-6-14/h1-12H,13H2,(H,24,26). The number of thioether (sulfide) groups is 1. The number of carbonyl (C=O) groups is 2. The Balaban J connectivity index is 1.67. The fourth-order valence-electron chi connectivity index (χ4n) is 2.37. The molecule has 1 amide bonds. The molecule has 0 aromatic heterocycles. The summed E-state index contributed by atoms with van der Waals surface area (Å²) in [6, 6.07) is 21.1. The van der Waals surface area contributed by atoms with Crippen LogP contribution in [0, 0.1) is 0 Å². The molecule has 0 spiro atoms. The number of Topliss-reactive ketones (excluding diaryl/α,β-unsaturated/α-hetero) is 1. The molecule has 0 saturated carbocycles. The van der Waals surface area contributed by atoms with E-state index in [1.165, 1.54) is 11.8 Å². The van der Waals surface area contributed by atoms with E-state index < -0.39 is 0 Å². The molecule has 0 atom stereocenters. The first kappa shape index (κ1) is 19.5. The van der Waals surface area contributed by atoms with E-state index in [1.807, 2.05) is 24.3 Å². The van der Waals surface area contributed by atoms with Gasteiger partial charge in [0, 0.05) is 21.0 Å². The number of halogens is 2. The van der Waals surface area contributed by atoms with E-state index in [2.05, 4.69) is 5.32 Å². The average molecular weight is 416 g/mol. The molecule has 0 heterocycles. The summed E-state index contributed by atoms with van der Waals surface area (Å²) in [6.07, 6.45) is 0. The van der Waals surface area contributed by atoms with Gasteiger partial charge in [-0.25, -0.2) is 0 Å². The van der Waals surface area contributed by atoms with Crippen LogP contribution in [0.5, 0.6) is 0 Å². The second kappa shape index (κ2) is 9.09. The van der Waals surface area contributed by atoms with Crippen LogP contribution in [0.3, 0.4) is 0 Å². The van der Waals surface area contributed by atoms with Gasteiger partial charge >= 0.3 is 0 Å². The molecule has 0 fully saturated rings. The van der Waals surface area contributed by atoms with E-state index in [9.17, 15) is 9.59 Å². The lowest BCUT2D eigenvalue weighted by Gasteiger charge is -2.09. The van der Waals surface area contributed by atoms with Crippen molar-refractivity contribution in [3.05, 3.63) is 94.0 Å². The van der Waals surface area contributed by atoms with Crippen molar-refractivity contribution in [1.29, 1.82) is 0 Å². The first-order chi connectivity index (χ1) is 13.0. The lowest BCUT2D eigenvalue weighted by atomic mass is 10.2. The average Bonchev–Trinajstić information content (AvgIpc) is 2.69. The van der Waals surface area contributed by atoms with Gasteiger partial charge in [-0.3, -0.25) is 9.59 Å². The van der Waals surface area contributed by atoms with E-state index >= 15 is 0 Å². The van der Waals surface area contributed by atoms with Gasteiger partial charge in [0.2, 0.25) is 0 Å². The highest BCUT2D eigenvalue weighted by molar-refractivity contribution is 8.00. The van der Waals surface area contributed by atoms with Crippen molar-refractivity contribution in [3.8, 4) is 0 Å². The Kier molecular flexibility index (Phi) is 6.56. The minimum atomic E-state index is -0.295. The molecule has 3 nitrogen and oxygen atoms in total. The first-order valence-corrected chi connectivity index (χ1v) is 9.84. The summed E-state index contributed by atoms with van der Waals surface area (Å²) in [5.74, 6) is 0.0482. The highest BCUT2D eigenvalue weighted by Gasteiger charge is 2.11. The molecule has 0 saturated heterocycles. The summed E-state index contributed by atoms with van der Waals surface area (Å²) in [5.41, 5.74) is 1.60. The number of nitrogens with one attached hydrogen (secondary N) is 1. The summed E-state index contributed by atoms with van der Waals surface area (Å²) >= 11 is 13.4. The van der Waals surface area contributed by atoms with Gasteiger partial charge in [-0.1, -0.05) is 59.6 Å². The highest BCUT2D eigenvalue weighted by atomic mass is 35.5. The Labute approximate surface area is 171 Å². The quantitative estimate of drug-likeness (QED) is 0.383. The number of ketones is 1. The molecule has 0 aliphatic carbocycles. The normalized spacial score (nSPS) is 10.4. The fourth-order valence-corrected chi connectivity index (χ4v) is 3.56. The van der Waals surface area contributed by atoms with Gasteiger partial charge in [0.1, 0.15) is 0 Å². The monoisotopic (exact) mass is 415 g/mol. The van der Waals surface area contributed by atoms with E-state index in [0.29, 0.717) is 32.6 Å². The molecule has 0 bridgehead atoms. The van der Waals surface area contributed by atoms with Crippen molar-refractivity contribution in [1.82, 2.24) is 0 Å². The van der Waals surface area contributed by atoms with Gasteiger partial charge < -0.3 is 5.32 Å². The Morgan fingerprint density at radius 3 is 2.37 bits per heavy atom. The minimum absolute atomic E-state index is 0.0427. The smallest absolute Gasteiger partial charge is 0.255 e. The third-order valence-electron chi connectivity index (χ3n) is 3.74. The number of carbonyl (C=O) groups excluding carboxylic acids is 2. The van der Waals surface area contributed by atoms with Crippen molar-refractivity contribution in [2.45, 2.75) is 4.90 Å². The SMILES string of the molecule is O=C(CSc1cccc(C(=O)Nc2cc(Cl)ccc2Cl)c1)c1ccccc1. The molecule has 6 heteroatoms. The second-order valence-corrected chi connectivity index (χ2v) is 7.58. The number of benzene rings is 3. The molecule has 0 aliphatic rings. The van der Waals surface area contributed by atoms with E-state index in [-0.39, 0.29) is 11.7 Å². The van der Waals surface area contributed by atoms with Gasteiger partial charge in [-0.2, -0.15) is 0 Å². The maximum atomic E-state index is 12.5. The Morgan fingerprint density at radius 2 is 1.59 bits per heavy atom. The summed E-state index contributed by atoms with van der Waals surface area (Å²) in [4.78, 5) is 25.6. The van der Waals surface area contributed by atoms with Gasteiger partial charge in [-0.05, 0) is 36.4 Å². The van der Waals surface area contributed by atoms with E-state index in [0.717, 1.165) is 4.90 Å². The van der Waals surface area contributed by atoms with Crippen LogP contribution in [0.15, 0.2) is 77.7 Å². The molecule has 136 valence electrons. The van der Waals surface area contributed by atoms with E-state index in [1.54, 1.807) is 48.5 Å². The van der Waals surface area contributed by atoms with Crippen LogP contribution in [0.25, 0.3) is 0 Å². The highest BCUT2D eigenvalue weighted by Crippen LogP contribution is 2.26. The summed E-state index contributed by atoms with van der Waals surface area (Å²) in [5, 5.41) is 3.65. The first-order valence-electron chi connectivity index (χ1n) is 8.10. The molecule has 3 aromatic carbocycles. The van der Waals surface area contributed by atoms with Crippen LogP contribution in [-0.4, -0.2) is 17.4 Å². The van der Waals surface area contributed by atoms with Crippen molar-refractivity contribution >= 4 is 52.3 Å².